The minimum atomic E-state index is 0.160. The number of hydrogen-bond acceptors (Lipinski definition) is 3. The van der Waals surface area contributed by atoms with Crippen molar-refractivity contribution in [3.05, 3.63) is 24.0 Å². The van der Waals surface area contributed by atoms with Gasteiger partial charge in [-0.3, -0.25) is 4.79 Å². The number of ether oxygens (including phenoxy) is 1. The molecule has 4 rings (SSSR count). The van der Waals surface area contributed by atoms with Crippen LogP contribution in [0.3, 0.4) is 0 Å². The van der Waals surface area contributed by atoms with Crippen molar-refractivity contribution >= 4 is 5.91 Å². The van der Waals surface area contributed by atoms with Crippen molar-refractivity contribution < 1.29 is 9.53 Å². The topological polar surface area (TPSA) is 37.7 Å². The summed E-state index contributed by atoms with van der Waals surface area (Å²) in [6, 6.07) is 4.93. The molecule has 0 unspecified atom stereocenters. The van der Waals surface area contributed by atoms with Gasteiger partial charge in [-0.15, -0.1) is 0 Å². The Morgan fingerprint density at radius 2 is 2.08 bits per heavy atom. The Bertz CT molecular complexity index is 614. The quantitative estimate of drug-likeness (QED) is 0.842. The molecule has 25 heavy (non-hydrogen) atoms. The lowest BCUT2D eigenvalue weighted by Crippen LogP contribution is -2.48. The molecule has 3 aliphatic rings. The highest BCUT2D eigenvalue weighted by atomic mass is 16.5. The van der Waals surface area contributed by atoms with Gasteiger partial charge in [0.15, 0.2) is 0 Å². The zero-order valence-corrected chi connectivity index (χ0v) is 15.6. The lowest BCUT2D eigenvalue weighted by molar-refractivity contribution is 0.0443. The third-order valence-electron chi connectivity index (χ3n) is 6.85. The molecule has 3 fully saturated rings. The molecule has 1 saturated carbocycles. The summed E-state index contributed by atoms with van der Waals surface area (Å²) in [6.07, 6.45) is 9.66. The molecule has 1 aliphatic carbocycles. The molecule has 1 atom stereocenters. The minimum Gasteiger partial charge on any atom is -0.383 e. The van der Waals surface area contributed by atoms with Crippen molar-refractivity contribution in [1.29, 1.82) is 0 Å². The van der Waals surface area contributed by atoms with Crippen molar-refractivity contribution in [2.75, 3.05) is 33.4 Å². The average Bonchev–Trinajstić information content (AvgIpc) is 3.12. The number of amides is 1. The predicted molar refractivity (Wildman–Crippen MR) is 97.6 cm³/mol. The summed E-state index contributed by atoms with van der Waals surface area (Å²) in [4.78, 5) is 17.9. The van der Waals surface area contributed by atoms with E-state index in [1.54, 1.807) is 7.11 Å². The number of aromatic nitrogens is 1. The molecule has 0 bridgehead atoms. The largest absolute Gasteiger partial charge is 0.383 e. The number of rotatable bonds is 4. The SMILES string of the molecule is COC[C@H]1CC2(CCN(C3CCC3)CC2)CN1C(=O)c1cccn1C. The third-order valence-corrected chi connectivity index (χ3v) is 6.85. The van der Waals surface area contributed by atoms with E-state index in [4.69, 9.17) is 4.74 Å². The van der Waals surface area contributed by atoms with Gasteiger partial charge in [-0.1, -0.05) is 6.42 Å². The third kappa shape index (κ3) is 3.13. The Labute approximate surface area is 150 Å². The van der Waals surface area contributed by atoms with Gasteiger partial charge in [-0.25, -0.2) is 0 Å². The van der Waals surface area contributed by atoms with Crippen LogP contribution in [0.15, 0.2) is 18.3 Å². The molecule has 0 N–H and O–H groups in total. The first-order chi connectivity index (χ1) is 12.1. The van der Waals surface area contributed by atoms with Gasteiger partial charge in [0, 0.05) is 32.9 Å². The Balaban J connectivity index is 1.47. The number of hydrogen-bond donors (Lipinski definition) is 0. The van der Waals surface area contributed by atoms with Crippen LogP contribution in [0.5, 0.6) is 0 Å². The highest BCUT2D eigenvalue weighted by Crippen LogP contribution is 2.45. The van der Waals surface area contributed by atoms with E-state index in [2.05, 4.69) is 9.80 Å². The van der Waals surface area contributed by atoms with Crippen molar-refractivity contribution in [2.24, 2.45) is 12.5 Å². The molecule has 1 spiro atoms. The smallest absolute Gasteiger partial charge is 0.270 e. The highest BCUT2D eigenvalue weighted by molar-refractivity contribution is 5.93. The van der Waals surface area contributed by atoms with Crippen molar-refractivity contribution in [1.82, 2.24) is 14.4 Å². The van der Waals surface area contributed by atoms with Crippen molar-refractivity contribution in [2.45, 2.75) is 50.6 Å². The van der Waals surface area contributed by atoms with Crippen LogP contribution in [0, 0.1) is 5.41 Å². The second-order valence-corrected chi connectivity index (χ2v) is 8.37. The number of carbonyl (C=O) groups is 1. The Kier molecular flexibility index (Phi) is 4.63. The van der Waals surface area contributed by atoms with Crippen molar-refractivity contribution in [3.63, 3.8) is 0 Å². The van der Waals surface area contributed by atoms with Gasteiger partial charge in [0.1, 0.15) is 5.69 Å². The van der Waals surface area contributed by atoms with E-state index in [0.717, 1.165) is 24.7 Å². The average molecular weight is 345 g/mol. The van der Waals surface area contributed by atoms with Gasteiger partial charge in [0.2, 0.25) is 0 Å². The van der Waals surface area contributed by atoms with Crippen LogP contribution in [0.2, 0.25) is 0 Å². The summed E-state index contributed by atoms with van der Waals surface area (Å²) < 4.78 is 7.39. The molecule has 2 aliphatic heterocycles. The summed E-state index contributed by atoms with van der Waals surface area (Å²) in [5.41, 5.74) is 1.08. The zero-order valence-electron chi connectivity index (χ0n) is 15.6. The highest BCUT2D eigenvalue weighted by Gasteiger charge is 2.48. The number of likely N-dealkylation sites (tertiary alicyclic amines) is 2. The minimum absolute atomic E-state index is 0.160. The molecule has 1 aromatic heterocycles. The fourth-order valence-electron chi connectivity index (χ4n) is 5.05. The first-order valence-electron chi connectivity index (χ1n) is 9.77. The van der Waals surface area contributed by atoms with Crippen LogP contribution in [0.1, 0.15) is 49.0 Å². The molecule has 2 saturated heterocycles. The lowest BCUT2D eigenvalue weighted by Gasteiger charge is -2.45. The van der Waals surface area contributed by atoms with Gasteiger partial charge < -0.3 is 19.1 Å². The summed E-state index contributed by atoms with van der Waals surface area (Å²) in [5, 5.41) is 0. The number of aryl methyl sites for hydroxylation is 1. The fourth-order valence-corrected chi connectivity index (χ4v) is 5.05. The van der Waals surface area contributed by atoms with Gasteiger partial charge in [-0.05, 0) is 62.7 Å². The molecule has 1 amide bonds. The van der Waals surface area contributed by atoms with Crippen LogP contribution in [-0.2, 0) is 11.8 Å². The van der Waals surface area contributed by atoms with Crippen LogP contribution < -0.4 is 0 Å². The number of methoxy groups -OCH3 is 1. The van der Waals surface area contributed by atoms with Gasteiger partial charge >= 0.3 is 0 Å². The van der Waals surface area contributed by atoms with E-state index < -0.39 is 0 Å². The predicted octanol–water partition coefficient (Wildman–Crippen LogP) is 2.52. The van der Waals surface area contributed by atoms with E-state index >= 15 is 0 Å². The maximum Gasteiger partial charge on any atom is 0.270 e. The molecule has 0 radical (unpaired) electrons. The van der Waals surface area contributed by atoms with Crippen LogP contribution in [0.4, 0.5) is 0 Å². The Morgan fingerprint density at radius 1 is 1.32 bits per heavy atom. The molecule has 1 aromatic rings. The summed E-state index contributed by atoms with van der Waals surface area (Å²) in [7, 11) is 3.69. The van der Waals surface area contributed by atoms with Crippen LogP contribution in [-0.4, -0.2) is 65.7 Å². The normalized spacial score (nSPS) is 27.0. The van der Waals surface area contributed by atoms with Gasteiger partial charge in [0.25, 0.3) is 5.91 Å². The maximum absolute atomic E-state index is 13.1. The summed E-state index contributed by atoms with van der Waals surface area (Å²) >= 11 is 0. The fraction of sp³-hybridized carbons (Fsp3) is 0.750. The molecule has 5 nitrogen and oxygen atoms in total. The zero-order chi connectivity index (χ0) is 17.4. The molecular formula is C20H31N3O2. The van der Waals surface area contributed by atoms with Crippen LogP contribution in [0.25, 0.3) is 0 Å². The second kappa shape index (κ2) is 6.76. The van der Waals surface area contributed by atoms with E-state index in [0.29, 0.717) is 12.0 Å². The van der Waals surface area contributed by atoms with Gasteiger partial charge in [0.05, 0.1) is 12.6 Å². The molecular weight excluding hydrogens is 314 g/mol. The molecule has 138 valence electrons. The first kappa shape index (κ1) is 17.1. The Morgan fingerprint density at radius 3 is 2.64 bits per heavy atom. The van der Waals surface area contributed by atoms with E-state index in [1.807, 2.05) is 29.9 Å². The first-order valence-corrected chi connectivity index (χ1v) is 9.77. The van der Waals surface area contributed by atoms with Gasteiger partial charge in [-0.2, -0.15) is 0 Å². The monoisotopic (exact) mass is 345 g/mol. The lowest BCUT2D eigenvalue weighted by atomic mass is 9.75. The van der Waals surface area contributed by atoms with E-state index in [-0.39, 0.29) is 11.9 Å². The molecule has 5 heteroatoms. The summed E-state index contributed by atoms with van der Waals surface area (Å²) in [6.45, 7) is 3.95. The van der Waals surface area contributed by atoms with Crippen molar-refractivity contribution in [3.8, 4) is 0 Å². The number of carbonyl (C=O) groups excluding carboxylic acids is 1. The van der Waals surface area contributed by atoms with Crippen LogP contribution >= 0.6 is 0 Å². The Hall–Kier alpha value is -1.33. The van der Waals surface area contributed by atoms with E-state index in [1.165, 1.54) is 45.2 Å². The number of nitrogens with zero attached hydrogens (tertiary/aromatic N) is 3. The maximum atomic E-state index is 13.1. The molecule has 3 heterocycles. The number of piperidine rings is 1. The standard InChI is InChI=1S/C20H31N3O2/c1-21-10-4-7-18(21)19(24)23-15-20(13-17(23)14-25-2)8-11-22(12-9-20)16-5-3-6-16/h4,7,10,16-17H,3,5-6,8-9,11-15H2,1-2H3/t17-/m1/s1. The summed E-state index contributed by atoms with van der Waals surface area (Å²) in [5.74, 6) is 0.160. The molecule has 0 aromatic carbocycles. The second-order valence-electron chi connectivity index (χ2n) is 8.37. The van der Waals surface area contributed by atoms with E-state index in [9.17, 15) is 4.79 Å².